The third-order valence-corrected chi connectivity index (χ3v) is 9.74. The van der Waals surface area contributed by atoms with E-state index in [1.54, 1.807) is 35.5 Å². The summed E-state index contributed by atoms with van der Waals surface area (Å²) in [5, 5.41) is 0.917. The number of aromatic nitrogens is 1. The summed E-state index contributed by atoms with van der Waals surface area (Å²) in [5.74, 6) is 0.638. The molecule has 0 bridgehead atoms. The summed E-state index contributed by atoms with van der Waals surface area (Å²) in [6, 6.07) is 10.1. The highest BCUT2D eigenvalue weighted by atomic mass is 32.2. The van der Waals surface area contributed by atoms with Gasteiger partial charge in [0.05, 0.1) is 29.9 Å². The summed E-state index contributed by atoms with van der Waals surface area (Å²) < 4.78 is 44.3. The molecule has 4 rings (SSSR count). The minimum Gasteiger partial charge on any atom is -0.494 e. The molecule has 0 radical (unpaired) electrons. The van der Waals surface area contributed by atoms with E-state index in [4.69, 9.17) is 19.2 Å². The Kier molecular flexibility index (Phi) is 9.21. The van der Waals surface area contributed by atoms with E-state index >= 15 is 0 Å². The van der Waals surface area contributed by atoms with Crippen LogP contribution in [-0.2, 0) is 19.5 Å². The predicted octanol–water partition coefficient (Wildman–Crippen LogP) is 2.86. The van der Waals surface area contributed by atoms with Crippen LogP contribution in [-0.4, -0.2) is 102 Å². The zero-order valence-electron chi connectivity index (χ0n) is 22.2. The molecular formula is C26H34N4O6S2. The van der Waals surface area contributed by atoms with E-state index in [1.807, 2.05) is 12.1 Å². The van der Waals surface area contributed by atoms with Gasteiger partial charge in [-0.25, -0.2) is 13.4 Å². The Morgan fingerprint density at radius 3 is 2.18 bits per heavy atom. The number of nitrogens with zero attached hydrogens (tertiary/aromatic N) is 4. The molecule has 2 heterocycles. The molecule has 0 unspecified atom stereocenters. The maximum absolute atomic E-state index is 13.2. The number of hydrogen-bond donors (Lipinski definition) is 0. The van der Waals surface area contributed by atoms with Crippen LogP contribution in [0.2, 0.25) is 0 Å². The van der Waals surface area contributed by atoms with Crippen LogP contribution in [0.3, 0.4) is 0 Å². The van der Waals surface area contributed by atoms with E-state index < -0.39 is 10.0 Å². The molecule has 1 aliphatic heterocycles. The molecule has 2 aromatic carbocycles. The minimum absolute atomic E-state index is 0.119. The van der Waals surface area contributed by atoms with E-state index in [0.717, 1.165) is 26.7 Å². The lowest BCUT2D eigenvalue weighted by Gasteiger charge is -2.34. The van der Waals surface area contributed by atoms with Crippen molar-refractivity contribution < 1.29 is 27.4 Å². The molecule has 38 heavy (non-hydrogen) atoms. The Hall–Kier alpha value is -2.77. The summed E-state index contributed by atoms with van der Waals surface area (Å²) in [7, 11) is 0.956. The van der Waals surface area contributed by atoms with Crippen molar-refractivity contribution in [2.75, 3.05) is 78.7 Å². The van der Waals surface area contributed by atoms with Crippen LogP contribution in [0.25, 0.3) is 10.2 Å². The Labute approximate surface area is 227 Å². The van der Waals surface area contributed by atoms with Crippen molar-refractivity contribution >= 4 is 42.6 Å². The van der Waals surface area contributed by atoms with E-state index in [2.05, 4.69) is 11.8 Å². The van der Waals surface area contributed by atoms with Crippen LogP contribution in [0.15, 0.2) is 41.3 Å². The topological polar surface area (TPSA) is 102 Å². The second-order valence-electron chi connectivity index (χ2n) is 8.95. The zero-order valence-corrected chi connectivity index (χ0v) is 23.8. The monoisotopic (exact) mass is 562 g/mol. The molecule has 1 fully saturated rings. The van der Waals surface area contributed by atoms with Crippen LogP contribution in [0.1, 0.15) is 15.9 Å². The molecular weight excluding hydrogens is 528 g/mol. The van der Waals surface area contributed by atoms with Crippen molar-refractivity contribution in [3.63, 3.8) is 0 Å². The number of rotatable bonds is 11. The molecule has 0 spiro atoms. The number of ether oxygens (including phenoxy) is 3. The van der Waals surface area contributed by atoms with Gasteiger partial charge in [-0.2, -0.15) is 4.31 Å². The fraction of sp³-hybridized carbons (Fsp3) is 0.462. The second kappa shape index (κ2) is 12.4. The summed E-state index contributed by atoms with van der Waals surface area (Å²) in [6.07, 6.45) is 0. The highest BCUT2D eigenvalue weighted by Gasteiger charge is 2.27. The van der Waals surface area contributed by atoms with Gasteiger partial charge in [0.2, 0.25) is 10.0 Å². The Balaban J connectivity index is 1.41. The first-order valence-electron chi connectivity index (χ1n) is 12.4. The first kappa shape index (κ1) is 28.2. The van der Waals surface area contributed by atoms with Crippen molar-refractivity contribution in [1.82, 2.24) is 14.2 Å². The molecule has 1 saturated heterocycles. The number of sulfonamides is 1. The first-order chi connectivity index (χ1) is 18.3. The Bertz CT molecular complexity index is 1340. The molecule has 1 aliphatic rings. The largest absolute Gasteiger partial charge is 0.494 e. The number of amides is 1. The molecule has 0 N–H and O–H groups in total. The van der Waals surface area contributed by atoms with Gasteiger partial charge in [-0.05, 0) is 42.8 Å². The van der Waals surface area contributed by atoms with E-state index in [-0.39, 0.29) is 37.1 Å². The lowest BCUT2D eigenvalue weighted by molar-refractivity contribution is 0.0746. The zero-order chi connectivity index (χ0) is 27.3. The highest BCUT2D eigenvalue weighted by molar-refractivity contribution is 7.89. The minimum atomic E-state index is -3.74. The SMILES string of the molecule is COCCN(CCOC)S(=O)(=O)c1ccc(C(=O)N2CCN(c3nc4c(OC)ccc(C)c4s3)CC2)cc1. The van der Waals surface area contributed by atoms with Crippen LogP contribution >= 0.6 is 11.3 Å². The van der Waals surface area contributed by atoms with Crippen molar-refractivity contribution in [2.24, 2.45) is 0 Å². The van der Waals surface area contributed by atoms with Crippen molar-refractivity contribution in [1.29, 1.82) is 0 Å². The van der Waals surface area contributed by atoms with Gasteiger partial charge in [-0.15, -0.1) is 0 Å². The van der Waals surface area contributed by atoms with Gasteiger partial charge in [-0.1, -0.05) is 17.4 Å². The van der Waals surface area contributed by atoms with Crippen LogP contribution < -0.4 is 9.64 Å². The number of carbonyl (C=O) groups is 1. The van der Waals surface area contributed by atoms with Crippen molar-refractivity contribution in [3.8, 4) is 5.75 Å². The maximum Gasteiger partial charge on any atom is 0.253 e. The molecule has 1 amide bonds. The third kappa shape index (κ3) is 5.94. The summed E-state index contributed by atoms with van der Waals surface area (Å²) in [6.45, 7) is 5.46. The number of carbonyl (C=O) groups excluding carboxylic acids is 1. The smallest absolute Gasteiger partial charge is 0.253 e. The molecule has 0 aliphatic carbocycles. The van der Waals surface area contributed by atoms with Crippen LogP contribution in [0.5, 0.6) is 5.75 Å². The van der Waals surface area contributed by atoms with Gasteiger partial charge < -0.3 is 24.0 Å². The van der Waals surface area contributed by atoms with E-state index in [1.165, 1.54) is 30.7 Å². The summed E-state index contributed by atoms with van der Waals surface area (Å²) >= 11 is 1.64. The average molecular weight is 563 g/mol. The summed E-state index contributed by atoms with van der Waals surface area (Å²) in [4.78, 5) is 22.1. The lowest BCUT2D eigenvalue weighted by Crippen LogP contribution is -2.48. The molecule has 0 saturated carbocycles. The van der Waals surface area contributed by atoms with Crippen molar-refractivity contribution in [3.05, 3.63) is 47.5 Å². The lowest BCUT2D eigenvalue weighted by atomic mass is 10.2. The second-order valence-corrected chi connectivity index (χ2v) is 11.9. The standard InChI is InChI=1S/C26H34N4O6S2/c1-19-5-10-22(36-4)23-24(19)37-26(27-23)29-13-11-28(12-14-29)25(31)20-6-8-21(9-7-20)38(32,33)30(15-17-34-2)16-18-35-3/h5-10H,11-18H2,1-4H3. The van der Waals surface area contributed by atoms with Gasteiger partial charge in [0.15, 0.2) is 5.13 Å². The van der Waals surface area contributed by atoms with Crippen molar-refractivity contribution in [2.45, 2.75) is 11.8 Å². The normalized spacial score (nSPS) is 14.4. The predicted molar refractivity (Wildman–Crippen MR) is 148 cm³/mol. The quantitative estimate of drug-likeness (QED) is 0.352. The fourth-order valence-electron chi connectivity index (χ4n) is 4.34. The third-order valence-electron chi connectivity index (χ3n) is 6.58. The summed E-state index contributed by atoms with van der Waals surface area (Å²) in [5.41, 5.74) is 2.48. The number of thiazole rings is 1. The average Bonchev–Trinajstić information content (AvgIpc) is 3.39. The van der Waals surface area contributed by atoms with Crippen LogP contribution in [0, 0.1) is 6.92 Å². The molecule has 0 atom stereocenters. The highest BCUT2D eigenvalue weighted by Crippen LogP contribution is 2.36. The number of anilines is 1. The Morgan fingerprint density at radius 2 is 1.61 bits per heavy atom. The van der Waals surface area contributed by atoms with E-state index in [0.29, 0.717) is 31.7 Å². The number of methoxy groups -OCH3 is 3. The molecule has 3 aromatic rings. The number of aryl methyl sites for hydroxylation is 1. The molecule has 206 valence electrons. The Morgan fingerprint density at radius 1 is 0.974 bits per heavy atom. The number of benzene rings is 2. The first-order valence-corrected chi connectivity index (χ1v) is 14.6. The number of fused-ring (bicyclic) bond motifs is 1. The molecule has 12 heteroatoms. The van der Waals surface area contributed by atoms with Gasteiger partial charge >= 0.3 is 0 Å². The van der Waals surface area contributed by atoms with Gasteiger partial charge in [-0.3, -0.25) is 4.79 Å². The maximum atomic E-state index is 13.2. The van der Waals surface area contributed by atoms with Gasteiger partial charge in [0.1, 0.15) is 11.3 Å². The van der Waals surface area contributed by atoms with Crippen LogP contribution in [0.4, 0.5) is 5.13 Å². The number of hydrogen-bond acceptors (Lipinski definition) is 9. The van der Waals surface area contributed by atoms with Gasteiger partial charge in [0.25, 0.3) is 5.91 Å². The van der Waals surface area contributed by atoms with E-state index in [9.17, 15) is 13.2 Å². The fourth-order valence-corrected chi connectivity index (χ4v) is 6.85. The molecule has 10 nitrogen and oxygen atoms in total. The molecule has 1 aromatic heterocycles. The number of piperazine rings is 1. The van der Waals surface area contributed by atoms with Gasteiger partial charge in [0, 0.05) is 59.1 Å².